The van der Waals surface area contributed by atoms with Crippen LogP contribution in [-0.2, 0) is 11.3 Å². The number of hydrogen-bond donors (Lipinski definition) is 1. The summed E-state index contributed by atoms with van der Waals surface area (Å²) in [6.45, 7) is 3.83. The number of carbonyl (C=O) groups is 1. The first-order valence-electron chi connectivity index (χ1n) is 8.07. The lowest BCUT2D eigenvalue weighted by molar-refractivity contribution is -0.113. The summed E-state index contributed by atoms with van der Waals surface area (Å²) >= 11 is 6.96. The van der Waals surface area contributed by atoms with E-state index < -0.39 is 17.5 Å². The lowest BCUT2D eigenvalue weighted by Crippen LogP contribution is -2.24. The zero-order valence-corrected chi connectivity index (χ0v) is 16.0. The molecule has 0 atom stereocenters. The first-order chi connectivity index (χ1) is 13.4. The summed E-state index contributed by atoms with van der Waals surface area (Å²) in [4.78, 5) is 29.2. The normalized spacial score (nSPS) is 10.8. The van der Waals surface area contributed by atoms with Gasteiger partial charge in [-0.25, -0.2) is 13.8 Å². The highest BCUT2D eigenvalue weighted by atomic mass is 35.5. The Morgan fingerprint density at radius 1 is 1.29 bits per heavy atom. The Kier molecular flexibility index (Phi) is 6.11. The van der Waals surface area contributed by atoms with Crippen LogP contribution in [0, 0.1) is 11.6 Å². The molecule has 2 aromatic carbocycles. The van der Waals surface area contributed by atoms with E-state index in [-0.39, 0.29) is 28.7 Å². The first-order valence-corrected chi connectivity index (χ1v) is 9.44. The molecule has 0 bridgehead atoms. The molecule has 0 fully saturated rings. The first kappa shape index (κ1) is 20.0. The van der Waals surface area contributed by atoms with Crippen LogP contribution in [0.15, 0.2) is 59.0 Å². The van der Waals surface area contributed by atoms with Crippen LogP contribution in [0.2, 0.25) is 5.02 Å². The van der Waals surface area contributed by atoms with Crippen LogP contribution in [0.4, 0.5) is 14.5 Å². The highest BCUT2D eigenvalue weighted by Gasteiger charge is 2.14. The number of benzene rings is 2. The van der Waals surface area contributed by atoms with E-state index >= 15 is 0 Å². The van der Waals surface area contributed by atoms with E-state index in [2.05, 4.69) is 16.9 Å². The number of hydrogen-bond acceptors (Lipinski definition) is 4. The molecule has 0 aliphatic heterocycles. The summed E-state index contributed by atoms with van der Waals surface area (Å²) in [6, 6.07) is 7.51. The van der Waals surface area contributed by atoms with E-state index in [0.717, 1.165) is 30.0 Å². The Morgan fingerprint density at radius 3 is 2.82 bits per heavy atom. The molecule has 0 spiro atoms. The molecule has 0 saturated carbocycles. The number of nitrogens with one attached hydrogen (secondary N) is 1. The third-order valence-electron chi connectivity index (χ3n) is 3.73. The zero-order valence-electron chi connectivity index (χ0n) is 14.4. The molecule has 0 aliphatic rings. The van der Waals surface area contributed by atoms with E-state index in [1.807, 2.05) is 0 Å². The van der Waals surface area contributed by atoms with Crippen molar-refractivity contribution in [2.24, 2.45) is 0 Å². The van der Waals surface area contributed by atoms with Gasteiger partial charge in [-0.3, -0.25) is 14.2 Å². The Balaban J connectivity index is 1.85. The van der Waals surface area contributed by atoms with E-state index in [1.165, 1.54) is 10.6 Å². The molecular weight excluding hydrogens is 408 g/mol. The summed E-state index contributed by atoms with van der Waals surface area (Å²) in [6.07, 6.45) is 1.54. The van der Waals surface area contributed by atoms with Crippen LogP contribution >= 0.6 is 23.4 Å². The van der Waals surface area contributed by atoms with Crippen molar-refractivity contribution in [2.75, 3.05) is 11.1 Å². The third kappa shape index (κ3) is 4.40. The number of nitrogens with zero attached hydrogens (tertiary/aromatic N) is 2. The van der Waals surface area contributed by atoms with E-state index in [4.69, 9.17) is 11.6 Å². The molecule has 28 heavy (non-hydrogen) atoms. The maximum absolute atomic E-state index is 13.7. The smallest absolute Gasteiger partial charge is 0.262 e. The topological polar surface area (TPSA) is 64.0 Å². The number of rotatable bonds is 6. The summed E-state index contributed by atoms with van der Waals surface area (Å²) < 4.78 is 28.3. The van der Waals surface area contributed by atoms with Gasteiger partial charge < -0.3 is 5.32 Å². The van der Waals surface area contributed by atoms with Crippen LogP contribution < -0.4 is 10.9 Å². The SMILES string of the molecule is C=CCn1c(SCC(=O)Nc2cc(F)ccc2F)nc2cc(Cl)ccc2c1=O. The van der Waals surface area contributed by atoms with Crippen molar-refractivity contribution < 1.29 is 13.6 Å². The van der Waals surface area contributed by atoms with Crippen LogP contribution in [0.25, 0.3) is 10.9 Å². The van der Waals surface area contributed by atoms with E-state index in [9.17, 15) is 18.4 Å². The molecule has 0 unspecified atom stereocenters. The van der Waals surface area contributed by atoms with Gasteiger partial charge >= 0.3 is 0 Å². The van der Waals surface area contributed by atoms with Crippen LogP contribution in [0.3, 0.4) is 0 Å². The summed E-state index contributed by atoms with van der Waals surface area (Å²) in [5.74, 6) is -2.15. The van der Waals surface area contributed by atoms with Gasteiger partial charge in [0.1, 0.15) is 11.6 Å². The van der Waals surface area contributed by atoms with Crippen molar-refractivity contribution in [1.82, 2.24) is 9.55 Å². The summed E-state index contributed by atoms with van der Waals surface area (Å²) in [5, 5.41) is 3.41. The minimum absolute atomic E-state index is 0.161. The fraction of sp³-hybridized carbons (Fsp3) is 0.105. The maximum Gasteiger partial charge on any atom is 0.262 e. The second-order valence-electron chi connectivity index (χ2n) is 5.72. The molecular formula is C19H14ClF2N3O2S. The van der Waals surface area contributed by atoms with Gasteiger partial charge in [-0.15, -0.1) is 6.58 Å². The second kappa shape index (κ2) is 8.53. The number of amides is 1. The highest BCUT2D eigenvalue weighted by molar-refractivity contribution is 7.99. The van der Waals surface area contributed by atoms with Crippen molar-refractivity contribution in [2.45, 2.75) is 11.7 Å². The molecule has 0 saturated heterocycles. The molecule has 3 aromatic rings. The van der Waals surface area contributed by atoms with Crippen molar-refractivity contribution >= 4 is 45.9 Å². The number of halogens is 3. The van der Waals surface area contributed by atoms with Crippen LogP contribution in [0.1, 0.15) is 0 Å². The van der Waals surface area contributed by atoms with Gasteiger partial charge in [-0.05, 0) is 30.3 Å². The van der Waals surface area contributed by atoms with Crippen molar-refractivity contribution in [3.05, 3.63) is 76.1 Å². The quantitative estimate of drug-likeness (QED) is 0.367. The molecule has 0 aliphatic carbocycles. The molecule has 5 nitrogen and oxygen atoms in total. The van der Waals surface area contributed by atoms with Gasteiger partial charge in [-0.1, -0.05) is 29.4 Å². The number of aromatic nitrogens is 2. The van der Waals surface area contributed by atoms with Gasteiger partial charge in [0.15, 0.2) is 5.16 Å². The van der Waals surface area contributed by atoms with Gasteiger partial charge in [-0.2, -0.15) is 0 Å². The van der Waals surface area contributed by atoms with Gasteiger partial charge in [0.05, 0.1) is 22.3 Å². The zero-order chi connectivity index (χ0) is 20.3. The Bertz CT molecular complexity index is 1130. The predicted octanol–water partition coefficient (Wildman–Crippen LogP) is 4.24. The van der Waals surface area contributed by atoms with Crippen molar-refractivity contribution in [3.8, 4) is 0 Å². The lowest BCUT2D eigenvalue weighted by atomic mass is 10.2. The van der Waals surface area contributed by atoms with Gasteiger partial charge in [0.2, 0.25) is 5.91 Å². The number of allylic oxidation sites excluding steroid dienone is 1. The Hall–Kier alpha value is -2.71. The molecule has 9 heteroatoms. The molecule has 1 N–H and O–H groups in total. The summed E-state index contributed by atoms with van der Waals surface area (Å²) in [7, 11) is 0. The number of fused-ring (bicyclic) bond motifs is 1. The molecule has 144 valence electrons. The largest absolute Gasteiger partial charge is 0.323 e. The van der Waals surface area contributed by atoms with E-state index in [1.54, 1.807) is 18.2 Å². The fourth-order valence-corrected chi connectivity index (χ4v) is 3.46. The van der Waals surface area contributed by atoms with Crippen molar-refractivity contribution in [1.29, 1.82) is 0 Å². The number of carbonyl (C=O) groups excluding carboxylic acids is 1. The number of anilines is 1. The van der Waals surface area contributed by atoms with Gasteiger partial charge in [0, 0.05) is 17.6 Å². The predicted molar refractivity (Wildman–Crippen MR) is 107 cm³/mol. The highest BCUT2D eigenvalue weighted by Crippen LogP contribution is 2.21. The molecule has 3 rings (SSSR count). The second-order valence-corrected chi connectivity index (χ2v) is 7.10. The molecule has 1 aromatic heterocycles. The fourth-order valence-electron chi connectivity index (χ4n) is 2.48. The average molecular weight is 422 g/mol. The molecule has 0 radical (unpaired) electrons. The average Bonchev–Trinajstić information content (AvgIpc) is 2.65. The molecule has 1 heterocycles. The minimum atomic E-state index is -0.748. The van der Waals surface area contributed by atoms with Crippen LogP contribution in [-0.4, -0.2) is 21.2 Å². The number of thioether (sulfide) groups is 1. The Morgan fingerprint density at radius 2 is 2.07 bits per heavy atom. The van der Waals surface area contributed by atoms with Crippen LogP contribution in [0.5, 0.6) is 0 Å². The third-order valence-corrected chi connectivity index (χ3v) is 4.94. The lowest BCUT2D eigenvalue weighted by Gasteiger charge is -2.12. The van der Waals surface area contributed by atoms with Crippen molar-refractivity contribution in [3.63, 3.8) is 0 Å². The van der Waals surface area contributed by atoms with E-state index in [0.29, 0.717) is 15.9 Å². The maximum atomic E-state index is 13.7. The summed E-state index contributed by atoms with van der Waals surface area (Å²) in [5.41, 5.74) is -0.148. The minimum Gasteiger partial charge on any atom is -0.323 e. The van der Waals surface area contributed by atoms with Gasteiger partial charge in [0.25, 0.3) is 5.56 Å². The monoisotopic (exact) mass is 421 g/mol. The standard InChI is InChI=1S/C19H14ClF2N3O2S/c1-2-7-25-18(27)13-5-3-11(20)8-15(13)24-19(25)28-10-17(26)23-16-9-12(21)4-6-14(16)22/h2-6,8-9H,1,7,10H2,(H,23,26). The Labute approximate surface area is 168 Å². The molecule has 1 amide bonds.